The van der Waals surface area contributed by atoms with Crippen LogP contribution < -0.4 is 5.32 Å². The summed E-state index contributed by atoms with van der Waals surface area (Å²) in [5.74, 6) is -1.11. The van der Waals surface area contributed by atoms with Crippen LogP contribution in [0.15, 0.2) is 5.38 Å². The van der Waals surface area contributed by atoms with Gasteiger partial charge >= 0.3 is 5.97 Å². The highest BCUT2D eigenvalue weighted by atomic mass is 32.1. The number of aromatic nitrogens is 1. The molecule has 0 aromatic carbocycles. The van der Waals surface area contributed by atoms with Crippen LogP contribution in [0.1, 0.15) is 35.3 Å². The number of rotatable bonds is 6. The van der Waals surface area contributed by atoms with Gasteiger partial charge in [-0.05, 0) is 12.8 Å². The van der Waals surface area contributed by atoms with Gasteiger partial charge in [-0.2, -0.15) is 0 Å². The Labute approximate surface area is 104 Å². The highest BCUT2D eigenvalue weighted by Gasteiger charge is 2.14. The maximum atomic E-state index is 11.6. The molecule has 0 aliphatic rings. The van der Waals surface area contributed by atoms with Gasteiger partial charge in [0.05, 0.1) is 5.01 Å². The number of thiazole rings is 1. The number of carboxylic acid groups (broad SMARTS) is 1. The van der Waals surface area contributed by atoms with Crippen LogP contribution in [0, 0.1) is 12.8 Å². The molecule has 0 saturated heterocycles. The molecule has 17 heavy (non-hydrogen) atoms. The molecule has 0 saturated carbocycles. The third-order valence-corrected chi connectivity index (χ3v) is 3.22. The number of carbonyl (C=O) groups excluding carboxylic acids is 1. The molecule has 0 aliphatic carbocycles. The Morgan fingerprint density at radius 3 is 2.76 bits per heavy atom. The second-order valence-electron chi connectivity index (χ2n) is 3.83. The van der Waals surface area contributed by atoms with Gasteiger partial charge in [-0.15, -0.1) is 11.3 Å². The first-order valence-corrected chi connectivity index (χ1v) is 6.33. The summed E-state index contributed by atoms with van der Waals surface area (Å²) in [6.45, 7) is 4.12. The molecular formula is C11H16N2O3S. The highest BCUT2D eigenvalue weighted by molar-refractivity contribution is 7.09. The maximum Gasteiger partial charge on any atom is 0.303 e. The molecule has 0 bridgehead atoms. The summed E-state index contributed by atoms with van der Waals surface area (Å²) in [5, 5.41) is 13.9. The zero-order valence-electron chi connectivity index (χ0n) is 9.90. The molecule has 1 heterocycles. The normalized spacial score (nSPS) is 12.1. The Hall–Kier alpha value is -1.43. The molecule has 1 aromatic rings. The monoisotopic (exact) mass is 256 g/mol. The van der Waals surface area contributed by atoms with Crippen molar-refractivity contribution in [3.05, 3.63) is 16.1 Å². The number of amides is 1. The zero-order chi connectivity index (χ0) is 12.8. The van der Waals surface area contributed by atoms with E-state index >= 15 is 0 Å². The van der Waals surface area contributed by atoms with E-state index in [4.69, 9.17) is 5.11 Å². The van der Waals surface area contributed by atoms with E-state index in [1.807, 2.05) is 13.8 Å². The van der Waals surface area contributed by atoms with Gasteiger partial charge in [0.25, 0.3) is 5.91 Å². The first-order valence-electron chi connectivity index (χ1n) is 5.45. The van der Waals surface area contributed by atoms with Crippen LogP contribution in [0.5, 0.6) is 0 Å². The van der Waals surface area contributed by atoms with Gasteiger partial charge in [-0.25, -0.2) is 4.98 Å². The van der Waals surface area contributed by atoms with Crippen molar-refractivity contribution in [1.82, 2.24) is 10.3 Å². The molecular weight excluding hydrogens is 240 g/mol. The standard InChI is InChI=1S/C11H16N2O3S/c1-3-8(4-10(14)15)5-12-11(16)9-6-17-7(2)13-9/h6,8H,3-5H2,1-2H3,(H,12,16)(H,14,15). The Morgan fingerprint density at radius 1 is 1.59 bits per heavy atom. The van der Waals surface area contributed by atoms with Crippen LogP contribution in [0.3, 0.4) is 0 Å². The van der Waals surface area contributed by atoms with E-state index in [2.05, 4.69) is 10.3 Å². The summed E-state index contributed by atoms with van der Waals surface area (Å²) >= 11 is 1.42. The molecule has 0 radical (unpaired) electrons. The van der Waals surface area contributed by atoms with Crippen molar-refractivity contribution in [2.45, 2.75) is 26.7 Å². The van der Waals surface area contributed by atoms with Crippen molar-refractivity contribution < 1.29 is 14.7 Å². The Bertz CT molecular complexity index is 403. The summed E-state index contributed by atoms with van der Waals surface area (Å²) in [6.07, 6.45) is 0.801. The fourth-order valence-corrected chi connectivity index (χ4v) is 2.00. The number of carboxylic acids is 1. The Balaban J connectivity index is 2.44. The van der Waals surface area contributed by atoms with Gasteiger partial charge in [0.15, 0.2) is 0 Å². The second kappa shape index (κ2) is 6.34. The lowest BCUT2D eigenvalue weighted by Crippen LogP contribution is -2.30. The third-order valence-electron chi connectivity index (χ3n) is 2.44. The largest absolute Gasteiger partial charge is 0.481 e. The van der Waals surface area contributed by atoms with Crippen LogP contribution in [0.25, 0.3) is 0 Å². The van der Waals surface area contributed by atoms with Gasteiger partial charge in [0.2, 0.25) is 0 Å². The van der Waals surface area contributed by atoms with Crippen LogP contribution in [-0.2, 0) is 4.79 Å². The molecule has 1 atom stereocenters. The molecule has 6 heteroatoms. The lowest BCUT2D eigenvalue weighted by molar-refractivity contribution is -0.138. The molecule has 1 rings (SSSR count). The number of aliphatic carboxylic acids is 1. The molecule has 5 nitrogen and oxygen atoms in total. The van der Waals surface area contributed by atoms with Crippen molar-refractivity contribution >= 4 is 23.2 Å². The number of hydrogen-bond acceptors (Lipinski definition) is 4. The topological polar surface area (TPSA) is 79.3 Å². The van der Waals surface area contributed by atoms with Crippen molar-refractivity contribution in [2.75, 3.05) is 6.54 Å². The number of carbonyl (C=O) groups is 2. The highest BCUT2D eigenvalue weighted by Crippen LogP contribution is 2.09. The first-order chi connectivity index (χ1) is 8.02. The van der Waals surface area contributed by atoms with Crippen LogP contribution in [0.2, 0.25) is 0 Å². The number of aryl methyl sites for hydroxylation is 1. The minimum absolute atomic E-state index is 0.0313. The average Bonchev–Trinajstić information content (AvgIpc) is 2.70. The molecule has 94 valence electrons. The predicted octanol–water partition coefficient (Wildman–Crippen LogP) is 1.68. The van der Waals surface area contributed by atoms with Crippen LogP contribution in [0.4, 0.5) is 0 Å². The van der Waals surface area contributed by atoms with E-state index in [0.717, 1.165) is 11.4 Å². The van der Waals surface area contributed by atoms with E-state index in [9.17, 15) is 9.59 Å². The molecule has 1 aromatic heterocycles. The Kier molecular flexibility index (Phi) is 5.09. The number of nitrogens with one attached hydrogen (secondary N) is 1. The maximum absolute atomic E-state index is 11.6. The lowest BCUT2D eigenvalue weighted by atomic mass is 10.0. The van der Waals surface area contributed by atoms with Crippen molar-refractivity contribution in [3.8, 4) is 0 Å². The number of nitrogens with zero attached hydrogens (tertiary/aromatic N) is 1. The quantitative estimate of drug-likeness (QED) is 0.811. The van der Waals surface area contributed by atoms with Gasteiger partial charge in [0, 0.05) is 18.3 Å². The SMILES string of the molecule is CCC(CNC(=O)c1csc(C)n1)CC(=O)O. The number of hydrogen-bond donors (Lipinski definition) is 2. The minimum Gasteiger partial charge on any atom is -0.481 e. The molecule has 0 aliphatic heterocycles. The summed E-state index contributed by atoms with van der Waals surface area (Å²) in [6, 6.07) is 0. The predicted molar refractivity (Wildman–Crippen MR) is 65.2 cm³/mol. The molecule has 1 unspecified atom stereocenters. The second-order valence-corrected chi connectivity index (χ2v) is 4.90. The molecule has 1 amide bonds. The smallest absolute Gasteiger partial charge is 0.303 e. The van der Waals surface area contributed by atoms with E-state index in [1.165, 1.54) is 11.3 Å². The zero-order valence-corrected chi connectivity index (χ0v) is 10.7. The molecule has 2 N–H and O–H groups in total. The van der Waals surface area contributed by atoms with Crippen LogP contribution >= 0.6 is 11.3 Å². The van der Waals surface area contributed by atoms with Gasteiger partial charge < -0.3 is 10.4 Å². The van der Waals surface area contributed by atoms with Crippen molar-refractivity contribution in [3.63, 3.8) is 0 Å². The minimum atomic E-state index is -0.837. The summed E-state index contributed by atoms with van der Waals surface area (Å²) in [4.78, 5) is 26.3. The molecule has 0 fully saturated rings. The van der Waals surface area contributed by atoms with E-state index in [1.54, 1.807) is 5.38 Å². The van der Waals surface area contributed by atoms with E-state index in [-0.39, 0.29) is 18.2 Å². The van der Waals surface area contributed by atoms with Gasteiger partial charge in [-0.3, -0.25) is 9.59 Å². The lowest BCUT2D eigenvalue weighted by Gasteiger charge is -2.12. The first kappa shape index (κ1) is 13.6. The fraction of sp³-hybridized carbons (Fsp3) is 0.545. The van der Waals surface area contributed by atoms with Crippen molar-refractivity contribution in [2.24, 2.45) is 5.92 Å². The van der Waals surface area contributed by atoms with Gasteiger partial charge in [-0.1, -0.05) is 13.3 Å². The third kappa shape index (κ3) is 4.52. The summed E-state index contributed by atoms with van der Waals surface area (Å²) in [7, 11) is 0. The van der Waals surface area contributed by atoms with Crippen LogP contribution in [-0.4, -0.2) is 28.5 Å². The summed E-state index contributed by atoms with van der Waals surface area (Å²) < 4.78 is 0. The Morgan fingerprint density at radius 2 is 2.29 bits per heavy atom. The molecule has 0 spiro atoms. The average molecular weight is 256 g/mol. The van der Waals surface area contributed by atoms with Gasteiger partial charge in [0.1, 0.15) is 5.69 Å². The summed E-state index contributed by atoms with van der Waals surface area (Å²) in [5.41, 5.74) is 0.401. The fourth-order valence-electron chi connectivity index (χ4n) is 1.40. The van der Waals surface area contributed by atoms with E-state index < -0.39 is 5.97 Å². The van der Waals surface area contributed by atoms with Crippen molar-refractivity contribution in [1.29, 1.82) is 0 Å². The van der Waals surface area contributed by atoms with E-state index in [0.29, 0.717) is 12.2 Å².